The fourth-order valence-electron chi connectivity index (χ4n) is 1.08. The maximum absolute atomic E-state index is 5.56. The van der Waals surface area contributed by atoms with Gasteiger partial charge in [0.15, 0.2) is 17.2 Å². The lowest BCUT2D eigenvalue weighted by atomic mass is 10.3. The molecule has 0 aliphatic heterocycles. The van der Waals surface area contributed by atoms with Crippen molar-refractivity contribution in [3.63, 3.8) is 0 Å². The van der Waals surface area contributed by atoms with E-state index in [-0.39, 0.29) is 0 Å². The van der Waals surface area contributed by atoms with Crippen LogP contribution in [-0.4, -0.2) is 11.5 Å². The molecule has 2 rings (SSSR count). The first kappa shape index (κ1) is 9.02. The van der Waals surface area contributed by atoms with Crippen molar-refractivity contribution in [2.75, 3.05) is 7.11 Å². The monoisotopic (exact) mass is 207 g/mol. The van der Waals surface area contributed by atoms with E-state index >= 15 is 0 Å². The molecule has 0 spiro atoms. The van der Waals surface area contributed by atoms with Crippen LogP contribution in [0.2, 0.25) is 0 Å². The van der Waals surface area contributed by atoms with Crippen molar-refractivity contribution in [2.45, 2.75) is 0 Å². The lowest BCUT2D eigenvalue weighted by molar-refractivity contribution is 0.379. The van der Waals surface area contributed by atoms with Gasteiger partial charge in [-0.05, 0) is 23.7 Å². The highest BCUT2D eigenvalue weighted by Crippen LogP contribution is 2.30. The second-order valence-electron chi connectivity index (χ2n) is 2.61. The molecule has 0 aliphatic carbocycles. The molecule has 1 aromatic carbocycles. The van der Waals surface area contributed by atoms with E-state index in [1.165, 1.54) is 11.5 Å². The van der Waals surface area contributed by atoms with E-state index in [4.69, 9.17) is 9.47 Å². The number of benzene rings is 1. The largest absolute Gasteiger partial charge is 0.493 e. The normalized spacial score (nSPS) is 9.79. The minimum atomic E-state index is 0.704. The second kappa shape index (κ2) is 4.11. The van der Waals surface area contributed by atoms with Crippen molar-refractivity contribution in [3.8, 4) is 17.2 Å². The quantitative estimate of drug-likeness (QED) is 0.775. The summed E-state index contributed by atoms with van der Waals surface area (Å²) in [6, 6.07) is 7.51. The molecule has 0 radical (unpaired) electrons. The van der Waals surface area contributed by atoms with Crippen molar-refractivity contribution < 1.29 is 9.47 Å². The predicted octanol–water partition coefficient (Wildman–Crippen LogP) is 2.94. The summed E-state index contributed by atoms with van der Waals surface area (Å²) in [6.07, 6.45) is 1.68. The van der Waals surface area contributed by atoms with Crippen LogP contribution in [0.4, 0.5) is 0 Å². The van der Waals surface area contributed by atoms with Gasteiger partial charge in [-0.25, -0.2) is 0 Å². The number of rotatable bonds is 3. The van der Waals surface area contributed by atoms with Crippen LogP contribution in [0.15, 0.2) is 35.8 Å². The van der Waals surface area contributed by atoms with E-state index in [9.17, 15) is 0 Å². The Bertz CT molecular complexity index is 400. The molecule has 3 nitrogen and oxygen atoms in total. The van der Waals surface area contributed by atoms with Gasteiger partial charge in [0.25, 0.3) is 0 Å². The molecule has 0 aliphatic rings. The molecular formula is C10H9NO2S. The van der Waals surface area contributed by atoms with Gasteiger partial charge in [-0.2, -0.15) is 4.37 Å². The van der Waals surface area contributed by atoms with Crippen LogP contribution in [0.5, 0.6) is 17.2 Å². The van der Waals surface area contributed by atoms with Gasteiger partial charge in [0.05, 0.1) is 18.7 Å². The maximum Gasteiger partial charge on any atom is 0.169 e. The third kappa shape index (κ3) is 1.85. The Labute approximate surface area is 86.1 Å². The summed E-state index contributed by atoms with van der Waals surface area (Å²) in [6.45, 7) is 0. The van der Waals surface area contributed by atoms with Crippen molar-refractivity contribution >= 4 is 11.5 Å². The highest BCUT2D eigenvalue weighted by molar-refractivity contribution is 7.03. The Morgan fingerprint density at radius 1 is 1.21 bits per heavy atom. The number of methoxy groups -OCH3 is 1. The third-order valence-corrected chi connectivity index (χ3v) is 2.27. The smallest absolute Gasteiger partial charge is 0.169 e. The molecule has 1 aromatic heterocycles. The highest BCUT2D eigenvalue weighted by Gasteiger charge is 2.03. The van der Waals surface area contributed by atoms with Crippen LogP contribution in [0.25, 0.3) is 0 Å². The Hall–Kier alpha value is -1.55. The zero-order chi connectivity index (χ0) is 9.80. The van der Waals surface area contributed by atoms with Crippen LogP contribution >= 0.6 is 11.5 Å². The van der Waals surface area contributed by atoms with Gasteiger partial charge in [0, 0.05) is 0 Å². The Morgan fingerprint density at radius 3 is 2.64 bits per heavy atom. The van der Waals surface area contributed by atoms with Gasteiger partial charge in [0.2, 0.25) is 0 Å². The summed E-state index contributed by atoms with van der Waals surface area (Å²) in [5, 5.41) is 1.84. The average Bonchev–Trinajstić information content (AvgIpc) is 2.71. The fourth-order valence-corrected chi connectivity index (χ4v) is 1.51. The van der Waals surface area contributed by atoms with E-state index in [1.807, 2.05) is 29.6 Å². The van der Waals surface area contributed by atoms with Gasteiger partial charge in [-0.15, -0.1) is 0 Å². The number of aromatic nitrogens is 1. The van der Waals surface area contributed by atoms with Crippen LogP contribution in [0, 0.1) is 0 Å². The summed E-state index contributed by atoms with van der Waals surface area (Å²) < 4.78 is 14.7. The lowest BCUT2D eigenvalue weighted by Crippen LogP contribution is -1.88. The van der Waals surface area contributed by atoms with Crippen molar-refractivity contribution in [2.24, 2.45) is 0 Å². The third-order valence-electron chi connectivity index (χ3n) is 1.71. The van der Waals surface area contributed by atoms with Crippen LogP contribution in [0.1, 0.15) is 0 Å². The minimum Gasteiger partial charge on any atom is -0.493 e. The molecule has 14 heavy (non-hydrogen) atoms. The van der Waals surface area contributed by atoms with E-state index in [0.29, 0.717) is 5.75 Å². The average molecular weight is 207 g/mol. The summed E-state index contributed by atoms with van der Waals surface area (Å²) in [5.74, 6) is 2.16. The Kier molecular flexibility index (Phi) is 2.65. The molecule has 0 fully saturated rings. The zero-order valence-corrected chi connectivity index (χ0v) is 8.45. The Morgan fingerprint density at radius 2 is 2.00 bits per heavy atom. The zero-order valence-electron chi connectivity index (χ0n) is 7.64. The van der Waals surface area contributed by atoms with Gasteiger partial charge in [0.1, 0.15) is 0 Å². The molecule has 0 saturated heterocycles. The number of hydrogen-bond acceptors (Lipinski definition) is 4. The highest BCUT2D eigenvalue weighted by atomic mass is 32.1. The summed E-state index contributed by atoms with van der Waals surface area (Å²) in [4.78, 5) is 0. The summed E-state index contributed by atoms with van der Waals surface area (Å²) in [7, 11) is 1.62. The maximum atomic E-state index is 5.56. The number of ether oxygens (including phenoxy) is 2. The molecule has 72 valence electrons. The van der Waals surface area contributed by atoms with E-state index in [2.05, 4.69) is 4.37 Å². The van der Waals surface area contributed by atoms with E-state index in [1.54, 1.807) is 13.3 Å². The molecule has 4 heteroatoms. The van der Waals surface area contributed by atoms with Crippen molar-refractivity contribution in [1.82, 2.24) is 4.37 Å². The summed E-state index contributed by atoms with van der Waals surface area (Å²) >= 11 is 1.36. The summed E-state index contributed by atoms with van der Waals surface area (Å²) in [5.41, 5.74) is 0. The molecule has 0 amide bonds. The van der Waals surface area contributed by atoms with Crippen LogP contribution in [-0.2, 0) is 0 Å². The van der Waals surface area contributed by atoms with Gasteiger partial charge in [-0.1, -0.05) is 12.1 Å². The van der Waals surface area contributed by atoms with Crippen molar-refractivity contribution in [3.05, 3.63) is 35.8 Å². The SMILES string of the molecule is COc1ccccc1Oc1cnsc1. The minimum absolute atomic E-state index is 0.704. The standard InChI is InChI=1S/C10H9NO2S/c1-12-9-4-2-3-5-10(9)13-8-6-11-14-7-8/h2-7H,1H3. The molecule has 0 N–H and O–H groups in total. The van der Waals surface area contributed by atoms with Gasteiger partial charge >= 0.3 is 0 Å². The predicted molar refractivity (Wildman–Crippen MR) is 55.2 cm³/mol. The van der Waals surface area contributed by atoms with Crippen LogP contribution < -0.4 is 9.47 Å². The van der Waals surface area contributed by atoms with Crippen LogP contribution in [0.3, 0.4) is 0 Å². The van der Waals surface area contributed by atoms with Gasteiger partial charge in [-0.3, -0.25) is 0 Å². The Balaban J connectivity index is 2.24. The van der Waals surface area contributed by atoms with Gasteiger partial charge < -0.3 is 9.47 Å². The number of para-hydroxylation sites is 2. The molecule has 2 aromatic rings. The lowest BCUT2D eigenvalue weighted by Gasteiger charge is -2.07. The second-order valence-corrected chi connectivity index (χ2v) is 3.27. The first-order chi connectivity index (χ1) is 6.90. The van der Waals surface area contributed by atoms with E-state index < -0.39 is 0 Å². The van der Waals surface area contributed by atoms with E-state index in [0.717, 1.165) is 11.5 Å². The topological polar surface area (TPSA) is 31.4 Å². The van der Waals surface area contributed by atoms with Crippen molar-refractivity contribution in [1.29, 1.82) is 0 Å². The fraction of sp³-hybridized carbons (Fsp3) is 0.100. The molecule has 0 atom stereocenters. The number of nitrogens with zero attached hydrogens (tertiary/aromatic N) is 1. The molecule has 0 bridgehead atoms. The molecule has 0 unspecified atom stereocenters. The first-order valence-corrected chi connectivity index (χ1v) is 4.94. The molecular weight excluding hydrogens is 198 g/mol. The number of hydrogen-bond donors (Lipinski definition) is 0. The molecule has 0 saturated carbocycles. The molecule has 1 heterocycles. The first-order valence-electron chi connectivity index (χ1n) is 4.10.